The fourth-order valence-corrected chi connectivity index (χ4v) is 2.76. The summed E-state index contributed by atoms with van der Waals surface area (Å²) in [6, 6.07) is -0.224. The molecule has 0 aromatic rings. The lowest BCUT2D eigenvalue weighted by atomic mass is 10.0. The molecule has 1 fully saturated rings. The Labute approximate surface area is 117 Å². The van der Waals surface area contributed by atoms with E-state index in [2.05, 4.69) is 10.0 Å². The van der Waals surface area contributed by atoms with Crippen molar-refractivity contribution in [1.82, 2.24) is 10.0 Å². The van der Waals surface area contributed by atoms with Gasteiger partial charge in [-0.25, -0.2) is 13.1 Å². The number of hydrogen-bond acceptors (Lipinski definition) is 4. The maximum absolute atomic E-state index is 12.5. The summed E-state index contributed by atoms with van der Waals surface area (Å²) in [6.45, 7) is 0.319. The standard InChI is InChI=1S/C11H21F3N2O3S/c1-10(17,11(12,13)14)7-15-9-5-3-4-8(9)6-16-20(2,18)19/h8-9,15-17H,3-7H2,1-2H3/t8-,9+,10-/m0/s1. The molecule has 1 aliphatic rings. The van der Waals surface area contributed by atoms with E-state index in [0.717, 1.165) is 26.0 Å². The van der Waals surface area contributed by atoms with Crippen LogP contribution in [0.1, 0.15) is 26.2 Å². The highest BCUT2D eigenvalue weighted by Gasteiger charge is 2.50. The fourth-order valence-electron chi connectivity index (χ4n) is 2.24. The van der Waals surface area contributed by atoms with Crippen molar-refractivity contribution in [3.05, 3.63) is 0 Å². The van der Waals surface area contributed by atoms with Crippen LogP contribution in [-0.4, -0.2) is 50.7 Å². The van der Waals surface area contributed by atoms with Gasteiger partial charge in [-0.05, 0) is 25.7 Å². The van der Waals surface area contributed by atoms with Crippen LogP contribution in [0.15, 0.2) is 0 Å². The summed E-state index contributed by atoms with van der Waals surface area (Å²) < 4.78 is 62.0. The maximum atomic E-state index is 12.5. The van der Waals surface area contributed by atoms with Crippen LogP contribution in [0.5, 0.6) is 0 Å². The Morgan fingerprint density at radius 3 is 2.40 bits per heavy atom. The summed E-state index contributed by atoms with van der Waals surface area (Å²) in [5.41, 5.74) is -2.79. The molecule has 3 N–H and O–H groups in total. The maximum Gasteiger partial charge on any atom is 0.418 e. The largest absolute Gasteiger partial charge is 0.418 e. The number of sulfonamides is 1. The lowest BCUT2D eigenvalue weighted by molar-refractivity contribution is -0.250. The van der Waals surface area contributed by atoms with Crippen LogP contribution in [0, 0.1) is 5.92 Å². The third-order valence-corrected chi connectivity index (χ3v) is 4.28. The molecule has 0 unspecified atom stereocenters. The van der Waals surface area contributed by atoms with Gasteiger partial charge in [0.25, 0.3) is 0 Å². The molecule has 0 radical (unpaired) electrons. The SMILES string of the molecule is C[C@](O)(CN[C@@H]1CCC[C@H]1CNS(C)(=O)=O)C(F)(F)F. The number of alkyl halides is 3. The molecular weight excluding hydrogens is 297 g/mol. The Hall–Kier alpha value is -0.380. The van der Waals surface area contributed by atoms with E-state index in [1.165, 1.54) is 0 Å². The van der Waals surface area contributed by atoms with Crippen LogP contribution in [0.4, 0.5) is 13.2 Å². The van der Waals surface area contributed by atoms with Gasteiger partial charge < -0.3 is 10.4 Å². The van der Waals surface area contributed by atoms with Crippen molar-refractivity contribution in [1.29, 1.82) is 0 Å². The van der Waals surface area contributed by atoms with E-state index in [9.17, 15) is 26.7 Å². The van der Waals surface area contributed by atoms with Crippen LogP contribution in [0.2, 0.25) is 0 Å². The summed E-state index contributed by atoms with van der Waals surface area (Å²) in [6.07, 6.45) is -1.42. The number of hydrogen-bond donors (Lipinski definition) is 3. The van der Waals surface area contributed by atoms with E-state index in [4.69, 9.17) is 0 Å². The summed E-state index contributed by atoms with van der Waals surface area (Å²) in [7, 11) is -3.31. The highest BCUT2D eigenvalue weighted by atomic mass is 32.2. The normalized spacial score (nSPS) is 27.5. The van der Waals surface area contributed by atoms with Crippen LogP contribution >= 0.6 is 0 Å². The van der Waals surface area contributed by atoms with E-state index in [1.807, 2.05) is 0 Å². The van der Waals surface area contributed by atoms with Gasteiger partial charge in [0.2, 0.25) is 10.0 Å². The lowest BCUT2D eigenvalue weighted by Gasteiger charge is -2.30. The van der Waals surface area contributed by atoms with Crippen LogP contribution in [0.3, 0.4) is 0 Å². The molecule has 0 bridgehead atoms. The fraction of sp³-hybridized carbons (Fsp3) is 1.00. The Balaban J connectivity index is 2.50. The first kappa shape index (κ1) is 17.7. The molecule has 5 nitrogen and oxygen atoms in total. The second-order valence-electron chi connectivity index (χ2n) is 5.57. The van der Waals surface area contributed by atoms with Crippen molar-refractivity contribution in [2.45, 2.75) is 44.0 Å². The van der Waals surface area contributed by atoms with Gasteiger partial charge in [-0.3, -0.25) is 0 Å². The molecule has 0 aromatic heterocycles. The van der Waals surface area contributed by atoms with Crippen molar-refractivity contribution in [3.8, 4) is 0 Å². The van der Waals surface area contributed by atoms with E-state index >= 15 is 0 Å². The van der Waals surface area contributed by atoms with Crippen molar-refractivity contribution in [3.63, 3.8) is 0 Å². The summed E-state index contributed by atoms with van der Waals surface area (Å²) >= 11 is 0. The first-order valence-electron chi connectivity index (χ1n) is 6.39. The van der Waals surface area contributed by atoms with Gasteiger partial charge in [0, 0.05) is 19.1 Å². The number of rotatable bonds is 6. The van der Waals surface area contributed by atoms with Crippen LogP contribution in [0.25, 0.3) is 0 Å². The topological polar surface area (TPSA) is 78.4 Å². The molecule has 1 rings (SSSR count). The molecule has 0 aliphatic heterocycles. The van der Waals surface area contributed by atoms with Gasteiger partial charge in [-0.2, -0.15) is 13.2 Å². The zero-order valence-corrected chi connectivity index (χ0v) is 12.3. The third-order valence-electron chi connectivity index (χ3n) is 3.59. The monoisotopic (exact) mass is 318 g/mol. The molecule has 9 heteroatoms. The Bertz CT molecular complexity index is 423. The smallest absolute Gasteiger partial charge is 0.380 e. The minimum Gasteiger partial charge on any atom is -0.380 e. The Morgan fingerprint density at radius 2 is 1.90 bits per heavy atom. The second kappa shape index (κ2) is 6.17. The minimum atomic E-state index is -4.70. The van der Waals surface area contributed by atoms with Crippen LogP contribution < -0.4 is 10.0 Å². The zero-order chi connectivity index (χ0) is 15.6. The molecule has 0 saturated heterocycles. The average Bonchev–Trinajstić information content (AvgIpc) is 2.68. The average molecular weight is 318 g/mol. The van der Waals surface area contributed by atoms with Gasteiger partial charge in [-0.15, -0.1) is 0 Å². The van der Waals surface area contributed by atoms with Crippen LogP contribution in [-0.2, 0) is 10.0 Å². The molecule has 1 aliphatic carbocycles. The summed E-state index contributed by atoms with van der Waals surface area (Å²) in [5, 5.41) is 12.1. The molecule has 3 atom stereocenters. The van der Waals surface area contributed by atoms with Gasteiger partial charge in [0.05, 0.1) is 6.26 Å². The molecular formula is C11H21F3N2O3S. The highest BCUT2D eigenvalue weighted by Crippen LogP contribution is 2.31. The number of halogens is 3. The predicted molar refractivity (Wildman–Crippen MR) is 68.7 cm³/mol. The van der Waals surface area contributed by atoms with E-state index in [-0.39, 0.29) is 18.5 Å². The Morgan fingerprint density at radius 1 is 1.30 bits per heavy atom. The van der Waals surface area contributed by atoms with E-state index in [0.29, 0.717) is 6.42 Å². The number of aliphatic hydroxyl groups is 1. The second-order valence-corrected chi connectivity index (χ2v) is 7.40. The highest BCUT2D eigenvalue weighted by molar-refractivity contribution is 7.88. The quantitative estimate of drug-likeness (QED) is 0.670. The first-order chi connectivity index (χ1) is 8.92. The van der Waals surface area contributed by atoms with E-state index < -0.39 is 28.3 Å². The lowest BCUT2D eigenvalue weighted by Crippen LogP contribution is -2.53. The van der Waals surface area contributed by atoms with Crippen molar-refractivity contribution in [2.75, 3.05) is 19.3 Å². The molecule has 0 amide bonds. The molecule has 120 valence electrons. The van der Waals surface area contributed by atoms with Gasteiger partial charge in [-0.1, -0.05) is 6.42 Å². The molecule has 20 heavy (non-hydrogen) atoms. The van der Waals surface area contributed by atoms with Crippen molar-refractivity contribution in [2.24, 2.45) is 5.92 Å². The molecule has 0 heterocycles. The molecule has 0 spiro atoms. The van der Waals surface area contributed by atoms with Crippen molar-refractivity contribution >= 4 is 10.0 Å². The van der Waals surface area contributed by atoms with Gasteiger partial charge >= 0.3 is 6.18 Å². The predicted octanol–water partition coefficient (Wildman–Crippen LogP) is 0.607. The number of nitrogens with one attached hydrogen (secondary N) is 2. The molecule has 1 saturated carbocycles. The summed E-state index contributed by atoms with van der Waals surface area (Å²) in [5.74, 6) is -0.0613. The van der Waals surface area contributed by atoms with Gasteiger partial charge in [0.15, 0.2) is 5.60 Å². The Kier molecular flexibility index (Phi) is 5.45. The zero-order valence-electron chi connectivity index (χ0n) is 11.5. The minimum absolute atomic E-state index is 0.0613. The third kappa shape index (κ3) is 5.19. The van der Waals surface area contributed by atoms with Crippen molar-refractivity contribution < 1.29 is 26.7 Å². The molecule has 0 aromatic carbocycles. The van der Waals surface area contributed by atoms with Gasteiger partial charge in [0.1, 0.15) is 0 Å². The summed E-state index contributed by atoms with van der Waals surface area (Å²) in [4.78, 5) is 0. The first-order valence-corrected chi connectivity index (χ1v) is 8.29. The van der Waals surface area contributed by atoms with E-state index in [1.54, 1.807) is 0 Å².